The first-order valence-corrected chi connectivity index (χ1v) is 26.8. The predicted octanol–water partition coefficient (Wildman–Crippen LogP) is 14.7. The SMILES string of the molecule is CCCCCCCCc1ccc2ccc(S(=O)(=O)[O-])c(CCCCCCCC)c2c1.CCCCCCCCc1ccc2ccc(S(=O)(=O)[O-])c(CCCCCCCC)c2c1.[Ca+2]. The summed E-state index contributed by atoms with van der Waals surface area (Å²) in [6, 6.07) is 19.3. The van der Waals surface area contributed by atoms with Gasteiger partial charge in [-0.25, -0.2) is 16.8 Å². The van der Waals surface area contributed by atoms with E-state index in [0.29, 0.717) is 12.8 Å². The van der Waals surface area contributed by atoms with Gasteiger partial charge in [0.15, 0.2) is 0 Å². The molecule has 0 atom stereocenters. The molecule has 6 nitrogen and oxygen atoms in total. The smallest absolute Gasteiger partial charge is 0.744 e. The maximum atomic E-state index is 11.9. The maximum Gasteiger partial charge on any atom is 2.00 e. The first kappa shape index (κ1) is 55.6. The first-order chi connectivity index (χ1) is 28.9. The molecule has 0 bridgehead atoms. The number of fused-ring (bicyclic) bond motifs is 2. The first-order valence-electron chi connectivity index (χ1n) is 23.9. The van der Waals surface area contributed by atoms with Gasteiger partial charge in [0.2, 0.25) is 0 Å². The van der Waals surface area contributed by atoms with Crippen molar-refractivity contribution in [3.8, 4) is 0 Å². The fourth-order valence-electron chi connectivity index (χ4n) is 8.50. The van der Waals surface area contributed by atoms with Gasteiger partial charge in [-0.1, -0.05) is 205 Å². The zero-order valence-corrected chi connectivity index (χ0v) is 42.4. The van der Waals surface area contributed by atoms with Crippen LogP contribution >= 0.6 is 0 Å². The third-order valence-electron chi connectivity index (χ3n) is 12.0. The summed E-state index contributed by atoms with van der Waals surface area (Å²) < 4.78 is 71.4. The quantitative estimate of drug-likeness (QED) is 0.0292. The van der Waals surface area contributed by atoms with Crippen LogP contribution in [-0.4, -0.2) is 63.7 Å². The molecule has 336 valence electrons. The summed E-state index contributed by atoms with van der Waals surface area (Å²) in [7, 11) is -8.94. The fourth-order valence-corrected chi connectivity index (χ4v) is 9.99. The van der Waals surface area contributed by atoms with Crippen molar-refractivity contribution in [3.63, 3.8) is 0 Å². The van der Waals surface area contributed by atoms with E-state index in [1.165, 1.54) is 139 Å². The fraction of sp³-hybridized carbons (Fsp3) is 0.615. The molecule has 0 amide bonds. The molecule has 61 heavy (non-hydrogen) atoms. The van der Waals surface area contributed by atoms with Crippen molar-refractivity contribution in [2.75, 3.05) is 0 Å². The second kappa shape index (κ2) is 31.4. The minimum atomic E-state index is -4.47. The Morgan fingerprint density at radius 1 is 0.361 bits per heavy atom. The Labute approximate surface area is 402 Å². The maximum absolute atomic E-state index is 11.9. The number of unbranched alkanes of at least 4 members (excludes halogenated alkanes) is 20. The normalized spacial score (nSPS) is 11.8. The van der Waals surface area contributed by atoms with Crippen molar-refractivity contribution in [1.82, 2.24) is 0 Å². The molecule has 0 heterocycles. The molecule has 0 N–H and O–H groups in total. The molecular formula is C52H78CaO6S2. The average Bonchev–Trinajstić information content (AvgIpc) is 3.22. The van der Waals surface area contributed by atoms with E-state index < -0.39 is 20.2 Å². The summed E-state index contributed by atoms with van der Waals surface area (Å²) in [5.74, 6) is 0. The predicted molar refractivity (Wildman–Crippen MR) is 258 cm³/mol. The molecule has 0 radical (unpaired) electrons. The van der Waals surface area contributed by atoms with E-state index >= 15 is 0 Å². The number of hydrogen-bond acceptors (Lipinski definition) is 6. The summed E-state index contributed by atoms with van der Waals surface area (Å²) in [6.45, 7) is 8.86. The van der Waals surface area contributed by atoms with Crippen LogP contribution in [0.25, 0.3) is 21.5 Å². The number of benzene rings is 4. The molecular weight excluding hydrogens is 825 g/mol. The van der Waals surface area contributed by atoms with E-state index in [9.17, 15) is 25.9 Å². The summed E-state index contributed by atoms with van der Waals surface area (Å²) in [6.07, 6.45) is 32.1. The Hall–Kier alpha value is -1.52. The van der Waals surface area contributed by atoms with E-state index in [1.54, 1.807) is 12.1 Å². The van der Waals surface area contributed by atoms with Crippen LogP contribution in [0.5, 0.6) is 0 Å². The molecule has 0 aliphatic heterocycles. The van der Waals surface area contributed by atoms with Crippen LogP contribution in [-0.2, 0) is 45.9 Å². The number of rotatable bonds is 30. The van der Waals surface area contributed by atoms with Crippen molar-refractivity contribution in [2.45, 2.75) is 217 Å². The van der Waals surface area contributed by atoms with Gasteiger partial charge >= 0.3 is 37.7 Å². The van der Waals surface area contributed by atoms with Gasteiger partial charge in [0.1, 0.15) is 20.2 Å². The molecule has 0 spiro atoms. The van der Waals surface area contributed by atoms with Gasteiger partial charge in [-0.05, 0) is 107 Å². The zero-order chi connectivity index (χ0) is 43.6. The van der Waals surface area contributed by atoms with E-state index in [-0.39, 0.29) is 47.5 Å². The minimum Gasteiger partial charge on any atom is -0.744 e. The van der Waals surface area contributed by atoms with Gasteiger partial charge < -0.3 is 9.11 Å². The summed E-state index contributed by atoms with van der Waals surface area (Å²) in [4.78, 5) is -0.0550. The van der Waals surface area contributed by atoms with Crippen molar-refractivity contribution in [3.05, 3.63) is 82.9 Å². The molecule has 9 heteroatoms. The Morgan fingerprint density at radius 3 is 0.918 bits per heavy atom. The number of hydrogen-bond donors (Lipinski definition) is 0. The van der Waals surface area contributed by atoms with E-state index in [2.05, 4.69) is 64.1 Å². The summed E-state index contributed by atoms with van der Waals surface area (Å²) in [5.41, 5.74) is 3.93. The minimum absolute atomic E-state index is 0. The molecule has 0 fully saturated rings. The molecule has 4 rings (SSSR count). The van der Waals surface area contributed by atoms with Crippen LogP contribution in [0, 0.1) is 0 Å². The third-order valence-corrected chi connectivity index (χ3v) is 13.9. The van der Waals surface area contributed by atoms with Crippen LogP contribution in [0.2, 0.25) is 0 Å². The van der Waals surface area contributed by atoms with Crippen LogP contribution in [0.3, 0.4) is 0 Å². The van der Waals surface area contributed by atoms with Gasteiger partial charge in [0.05, 0.1) is 9.79 Å². The molecule has 0 saturated carbocycles. The Bertz CT molecular complexity index is 1900. The molecule has 0 unspecified atom stereocenters. The Morgan fingerprint density at radius 2 is 0.623 bits per heavy atom. The average molecular weight is 903 g/mol. The summed E-state index contributed by atoms with van der Waals surface area (Å²) in [5, 5.41) is 3.94. The van der Waals surface area contributed by atoms with E-state index in [1.807, 2.05) is 0 Å². The van der Waals surface area contributed by atoms with Gasteiger partial charge in [0.25, 0.3) is 0 Å². The number of aryl methyl sites for hydroxylation is 4. The Kier molecular flexibility index (Phi) is 28.6. The molecule has 4 aromatic rings. The van der Waals surface area contributed by atoms with Crippen molar-refractivity contribution in [2.24, 2.45) is 0 Å². The second-order valence-corrected chi connectivity index (χ2v) is 19.9. The van der Waals surface area contributed by atoms with Gasteiger partial charge in [-0.2, -0.15) is 0 Å². The Balaban J connectivity index is 0.000000413. The molecule has 0 aromatic heterocycles. The van der Waals surface area contributed by atoms with Crippen LogP contribution in [0.4, 0.5) is 0 Å². The molecule has 0 saturated heterocycles. The van der Waals surface area contributed by atoms with E-state index in [0.717, 1.165) is 84.0 Å². The third kappa shape index (κ3) is 20.9. The molecule has 0 aliphatic carbocycles. The van der Waals surface area contributed by atoms with Gasteiger partial charge in [0, 0.05) is 0 Å². The van der Waals surface area contributed by atoms with E-state index in [4.69, 9.17) is 0 Å². The monoisotopic (exact) mass is 902 g/mol. The zero-order valence-electron chi connectivity index (χ0n) is 38.5. The molecule has 4 aromatic carbocycles. The van der Waals surface area contributed by atoms with Crippen LogP contribution in [0.15, 0.2) is 70.5 Å². The standard InChI is InChI=1S/2C26H40O3S.Ca/c2*1-3-5-7-9-11-13-15-22-17-18-23-19-20-26(30(27,28)29)24(25(23)21-22)16-14-12-10-8-6-4-2;/h2*17-21H,3-16H2,1-2H3,(H,27,28,29);/q;;+2/p-2. The largest absolute Gasteiger partial charge is 2.00 e. The van der Waals surface area contributed by atoms with Crippen LogP contribution in [0.1, 0.15) is 204 Å². The topological polar surface area (TPSA) is 114 Å². The van der Waals surface area contributed by atoms with Gasteiger partial charge in [-0.3, -0.25) is 0 Å². The van der Waals surface area contributed by atoms with Crippen molar-refractivity contribution >= 4 is 79.5 Å². The van der Waals surface area contributed by atoms with Gasteiger partial charge in [-0.15, -0.1) is 0 Å². The van der Waals surface area contributed by atoms with Crippen molar-refractivity contribution < 1.29 is 25.9 Å². The van der Waals surface area contributed by atoms with Crippen molar-refractivity contribution in [1.29, 1.82) is 0 Å². The second-order valence-electron chi connectivity index (χ2n) is 17.2. The molecule has 0 aliphatic rings. The summed E-state index contributed by atoms with van der Waals surface area (Å²) >= 11 is 0. The van der Waals surface area contributed by atoms with Crippen LogP contribution < -0.4 is 0 Å².